The van der Waals surface area contributed by atoms with Crippen molar-refractivity contribution in [2.45, 2.75) is 11.4 Å². The van der Waals surface area contributed by atoms with Gasteiger partial charge < -0.3 is 24.3 Å². The van der Waals surface area contributed by atoms with E-state index in [0.29, 0.717) is 28.6 Å². The lowest BCUT2D eigenvalue weighted by Gasteiger charge is -2.18. The third-order valence-corrected chi connectivity index (χ3v) is 6.17. The van der Waals surface area contributed by atoms with E-state index in [-0.39, 0.29) is 18.0 Å². The number of methoxy groups -OCH3 is 4. The number of nitrogens with zero attached hydrogens (tertiary/aromatic N) is 1. The average Bonchev–Trinajstić information content (AvgIpc) is 2.76. The Hall–Kier alpha value is -2.98. The Kier molecular flexibility index (Phi) is 7.90. The van der Waals surface area contributed by atoms with Crippen LogP contribution in [0, 0.1) is 0 Å². The minimum atomic E-state index is -3.81. The smallest absolute Gasteiger partial charge is 0.243 e. The molecule has 0 aliphatic heterocycles. The van der Waals surface area contributed by atoms with Crippen molar-refractivity contribution >= 4 is 15.9 Å². The Bertz CT molecular complexity index is 950. The van der Waals surface area contributed by atoms with E-state index in [1.54, 1.807) is 24.3 Å². The van der Waals surface area contributed by atoms with E-state index in [1.165, 1.54) is 47.6 Å². The second-order valence-corrected chi connectivity index (χ2v) is 8.29. The van der Waals surface area contributed by atoms with E-state index in [4.69, 9.17) is 18.9 Å². The molecule has 2 rings (SSSR count). The van der Waals surface area contributed by atoms with Crippen LogP contribution >= 0.6 is 0 Å². The third-order valence-electron chi connectivity index (χ3n) is 4.35. The van der Waals surface area contributed by atoms with E-state index in [1.807, 2.05) is 0 Å². The number of carbonyl (C=O) groups is 1. The Morgan fingerprint density at radius 1 is 0.933 bits per heavy atom. The van der Waals surface area contributed by atoms with Crippen molar-refractivity contribution in [3.8, 4) is 23.0 Å². The van der Waals surface area contributed by atoms with Gasteiger partial charge in [-0.25, -0.2) is 8.42 Å². The molecule has 0 aromatic heterocycles. The van der Waals surface area contributed by atoms with Gasteiger partial charge in [-0.2, -0.15) is 4.31 Å². The molecular formula is C20H26N2O7S. The summed E-state index contributed by atoms with van der Waals surface area (Å²) >= 11 is 0. The van der Waals surface area contributed by atoms with Gasteiger partial charge in [-0.15, -0.1) is 0 Å². The van der Waals surface area contributed by atoms with Crippen molar-refractivity contribution in [1.82, 2.24) is 9.62 Å². The first-order chi connectivity index (χ1) is 14.3. The van der Waals surface area contributed by atoms with Gasteiger partial charge in [-0.1, -0.05) is 0 Å². The van der Waals surface area contributed by atoms with Crippen molar-refractivity contribution < 1.29 is 32.2 Å². The molecule has 10 heteroatoms. The van der Waals surface area contributed by atoms with Crippen LogP contribution in [-0.2, 0) is 21.4 Å². The lowest BCUT2D eigenvalue weighted by Crippen LogP contribution is -2.38. The number of rotatable bonds is 10. The first-order valence-electron chi connectivity index (χ1n) is 8.92. The van der Waals surface area contributed by atoms with Crippen molar-refractivity contribution in [1.29, 1.82) is 0 Å². The van der Waals surface area contributed by atoms with Gasteiger partial charge >= 0.3 is 0 Å². The van der Waals surface area contributed by atoms with Crippen LogP contribution in [0.1, 0.15) is 5.56 Å². The number of likely N-dealkylation sites (N-methyl/N-ethyl adjacent to an activating group) is 1. The van der Waals surface area contributed by atoms with E-state index in [0.717, 1.165) is 4.31 Å². The van der Waals surface area contributed by atoms with Gasteiger partial charge in [-0.05, 0) is 42.0 Å². The van der Waals surface area contributed by atoms with Gasteiger partial charge in [0.1, 0.15) is 5.75 Å². The van der Waals surface area contributed by atoms with Crippen LogP contribution in [0.5, 0.6) is 23.0 Å². The minimum Gasteiger partial charge on any atom is -0.497 e. The molecule has 0 aliphatic rings. The Morgan fingerprint density at radius 2 is 1.50 bits per heavy atom. The topological polar surface area (TPSA) is 103 Å². The van der Waals surface area contributed by atoms with Gasteiger partial charge in [-0.3, -0.25) is 4.79 Å². The fourth-order valence-electron chi connectivity index (χ4n) is 2.71. The van der Waals surface area contributed by atoms with Gasteiger partial charge in [0.15, 0.2) is 11.5 Å². The molecule has 2 aromatic carbocycles. The van der Waals surface area contributed by atoms with Crippen LogP contribution in [0.15, 0.2) is 41.3 Å². The van der Waals surface area contributed by atoms with Crippen molar-refractivity contribution in [2.24, 2.45) is 0 Å². The number of sulfonamides is 1. The Morgan fingerprint density at radius 3 is 1.97 bits per heavy atom. The van der Waals surface area contributed by atoms with Crippen LogP contribution in [0.3, 0.4) is 0 Å². The molecule has 9 nitrogen and oxygen atoms in total. The third kappa shape index (κ3) is 5.33. The largest absolute Gasteiger partial charge is 0.497 e. The van der Waals surface area contributed by atoms with Gasteiger partial charge in [0.05, 0.1) is 39.9 Å². The highest BCUT2D eigenvalue weighted by molar-refractivity contribution is 7.89. The monoisotopic (exact) mass is 438 g/mol. The fourth-order valence-corrected chi connectivity index (χ4v) is 3.84. The molecule has 0 unspecified atom stereocenters. The standard InChI is InChI=1S/C20H26N2O7S/c1-22(30(24,25)16-8-6-15(26-2)7-9-16)13-19(23)21-12-14-10-17(27-3)20(29-5)18(11-14)28-4/h6-11H,12-13H2,1-5H3,(H,21,23). The lowest BCUT2D eigenvalue weighted by atomic mass is 10.1. The number of ether oxygens (including phenoxy) is 4. The average molecular weight is 439 g/mol. The van der Waals surface area contributed by atoms with Crippen LogP contribution in [-0.4, -0.2) is 60.7 Å². The highest BCUT2D eigenvalue weighted by atomic mass is 32.2. The van der Waals surface area contributed by atoms with Gasteiger partial charge in [0.2, 0.25) is 21.7 Å². The zero-order chi connectivity index (χ0) is 22.3. The van der Waals surface area contributed by atoms with Crippen molar-refractivity contribution in [2.75, 3.05) is 42.0 Å². The number of carbonyl (C=O) groups excluding carboxylic acids is 1. The summed E-state index contributed by atoms with van der Waals surface area (Å²) < 4.78 is 47.1. The second-order valence-electron chi connectivity index (χ2n) is 6.25. The van der Waals surface area contributed by atoms with E-state index in [9.17, 15) is 13.2 Å². The molecule has 0 bridgehead atoms. The predicted molar refractivity (Wildman–Crippen MR) is 111 cm³/mol. The number of hydrogen-bond acceptors (Lipinski definition) is 7. The summed E-state index contributed by atoms with van der Waals surface area (Å²) in [4.78, 5) is 12.4. The summed E-state index contributed by atoms with van der Waals surface area (Å²) in [5.41, 5.74) is 0.707. The molecule has 0 spiro atoms. The number of benzene rings is 2. The van der Waals surface area contributed by atoms with Crippen molar-refractivity contribution in [3.05, 3.63) is 42.0 Å². The Balaban J connectivity index is 2.04. The van der Waals surface area contributed by atoms with Gasteiger partial charge in [0, 0.05) is 13.6 Å². The summed E-state index contributed by atoms with van der Waals surface area (Å²) in [7, 11) is 3.53. The maximum atomic E-state index is 12.6. The molecule has 0 aliphatic carbocycles. The molecule has 0 fully saturated rings. The molecule has 164 valence electrons. The molecule has 1 amide bonds. The van der Waals surface area contributed by atoms with E-state index in [2.05, 4.69) is 5.32 Å². The van der Waals surface area contributed by atoms with Crippen LogP contribution in [0.25, 0.3) is 0 Å². The first-order valence-corrected chi connectivity index (χ1v) is 10.4. The van der Waals surface area contributed by atoms with Crippen molar-refractivity contribution in [3.63, 3.8) is 0 Å². The molecule has 30 heavy (non-hydrogen) atoms. The predicted octanol–water partition coefficient (Wildman–Crippen LogP) is 1.66. The first kappa shape index (κ1) is 23.3. The van der Waals surface area contributed by atoms with Crippen LogP contribution in [0.2, 0.25) is 0 Å². The summed E-state index contributed by atoms with van der Waals surface area (Å²) in [6, 6.07) is 9.37. The summed E-state index contributed by atoms with van der Waals surface area (Å²) in [5, 5.41) is 2.69. The van der Waals surface area contributed by atoms with Gasteiger partial charge in [0.25, 0.3) is 0 Å². The highest BCUT2D eigenvalue weighted by Crippen LogP contribution is 2.38. The molecule has 0 saturated heterocycles. The van der Waals surface area contributed by atoms with Crippen LogP contribution in [0.4, 0.5) is 0 Å². The highest BCUT2D eigenvalue weighted by Gasteiger charge is 2.23. The van der Waals surface area contributed by atoms with E-state index >= 15 is 0 Å². The molecule has 0 saturated carbocycles. The molecule has 0 radical (unpaired) electrons. The minimum absolute atomic E-state index is 0.0724. The second kappa shape index (κ2) is 10.2. The number of amides is 1. The summed E-state index contributed by atoms with van der Waals surface area (Å²) in [5.74, 6) is 1.45. The Labute approximate surface area is 176 Å². The number of nitrogens with one attached hydrogen (secondary N) is 1. The normalized spacial score (nSPS) is 11.1. The molecule has 1 N–H and O–H groups in total. The maximum absolute atomic E-state index is 12.6. The molecule has 0 heterocycles. The molecular weight excluding hydrogens is 412 g/mol. The summed E-state index contributed by atoms with van der Waals surface area (Å²) in [6.07, 6.45) is 0. The molecule has 2 aromatic rings. The SMILES string of the molecule is COc1ccc(S(=O)(=O)N(C)CC(=O)NCc2cc(OC)c(OC)c(OC)c2)cc1. The summed E-state index contributed by atoms with van der Waals surface area (Å²) in [6.45, 7) is -0.176. The lowest BCUT2D eigenvalue weighted by molar-refractivity contribution is -0.121. The fraction of sp³-hybridized carbons (Fsp3) is 0.350. The zero-order valence-corrected chi connectivity index (χ0v) is 18.4. The van der Waals surface area contributed by atoms with Crippen LogP contribution < -0.4 is 24.3 Å². The van der Waals surface area contributed by atoms with E-state index < -0.39 is 15.9 Å². The quantitative estimate of drug-likeness (QED) is 0.602. The molecule has 0 atom stereocenters. The number of hydrogen-bond donors (Lipinski definition) is 1. The maximum Gasteiger partial charge on any atom is 0.243 e. The zero-order valence-electron chi connectivity index (χ0n) is 17.6.